The first kappa shape index (κ1) is 7.80. The van der Waals surface area contributed by atoms with Gasteiger partial charge < -0.3 is 4.74 Å². The number of ether oxygens (including phenoxy) is 1. The largest absolute Gasteiger partial charge is 0.375 e. The molecule has 0 aliphatic carbocycles. The molecule has 0 aromatic carbocycles. The first-order valence-corrected chi connectivity index (χ1v) is 3.91. The van der Waals surface area contributed by atoms with Crippen molar-refractivity contribution in [2.45, 2.75) is 32.8 Å². The molecular formula is C9H16O. The molecule has 1 rings (SSSR count). The average molecular weight is 140 g/mol. The molecule has 10 heavy (non-hydrogen) atoms. The average Bonchev–Trinajstić information content (AvgIpc) is 2.12. The van der Waals surface area contributed by atoms with E-state index in [0.29, 0.717) is 5.92 Å². The van der Waals surface area contributed by atoms with Gasteiger partial charge in [0.25, 0.3) is 0 Å². The molecular weight excluding hydrogens is 124 g/mol. The van der Waals surface area contributed by atoms with Crippen LogP contribution in [0.1, 0.15) is 27.2 Å². The van der Waals surface area contributed by atoms with Gasteiger partial charge in [-0.2, -0.15) is 0 Å². The molecule has 1 saturated heterocycles. The Balaban J connectivity index is 2.43. The van der Waals surface area contributed by atoms with Gasteiger partial charge in [0, 0.05) is 5.92 Å². The van der Waals surface area contributed by atoms with Gasteiger partial charge in [-0.3, -0.25) is 0 Å². The standard InChI is InChI=1S/C9H16O/c1-4-5-8-6-9(2,3)10-7-8/h4-5,8H,6-7H2,1-3H3/b5-4+/t8-/m1/s1. The van der Waals surface area contributed by atoms with Crippen LogP contribution in [0.15, 0.2) is 12.2 Å². The molecule has 1 atom stereocenters. The quantitative estimate of drug-likeness (QED) is 0.508. The molecule has 1 heterocycles. The zero-order valence-electron chi connectivity index (χ0n) is 7.05. The minimum absolute atomic E-state index is 0.115. The van der Waals surface area contributed by atoms with E-state index in [1.54, 1.807) is 0 Å². The highest BCUT2D eigenvalue weighted by Gasteiger charge is 2.29. The second kappa shape index (κ2) is 2.75. The van der Waals surface area contributed by atoms with Crippen LogP contribution in [0.2, 0.25) is 0 Å². The second-order valence-electron chi connectivity index (χ2n) is 3.56. The highest BCUT2D eigenvalue weighted by molar-refractivity contribution is 4.93. The van der Waals surface area contributed by atoms with E-state index < -0.39 is 0 Å². The van der Waals surface area contributed by atoms with E-state index in [-0.39, 0.29) is 5.60 Å². The molecule has 0 radical (unpaired) electrons. The Morgan fingerprint density at radius 3 is 2.60 bits per heavy atom. The molecule has 0 bridgehead atoms. The Morgan fingerprint density at radius 2 is 2.20 bits per heavy atom. The Kier molecular flexibility index (Phi) is 2.14. The molecule has 0 saturated carbocycles. The van der Waals surface area contributed by atoms with Gasteiger partial charge in [-0.1, -0.05) is 12.2 Å². The van der Waals surface area contributed by atoms with Gasteiger partial charge in [0.15, 0.2) is 0 Å². The number of hydrogen-bond donors (Lipinski definition) is 0. The Hall–Kier alpha value is -0.300. The lowest BCUT2D eigenvalue weighted by Crippen LogP contribution is -2.16. The zero-order valence-corrected chi connectivity index (χ0v) is 7.05. The molecule has 0 amide bonds. The first-order valence-electron chi connectivity index (χ1n) is 3.91. The van der Waals surface area contributed by atoms with Crippen molar-refractivity contribution in [3.63, 3.8) is 0 Å². The van der Waals surface area contributed by atoms with Crippen molar-refractivity contribution in [1.29, 1.82) is 0 Å². The topological polar surface area (TPSA) is 9.23 Å². The normalized spacial score (nSPS) is 31.7. The summed E-state index contributed by atoms with van der Waals surface area (Å²) in [6, 6.07) is 0. The van der Waals surface area contributed by atoms with E-state index in [2.05, 4.69) is 32.9 Å². The number of rotatable bonds is 1. The van der Waals surface area contributed by atoms with Crippen molar-refractivity contribution >= 4 is 0 Å². The summed E-state index contributed by atoms with van der Waals surface area (Å²) in [5.41, 5.74) is 0.115. The van der Waals surface area contributed by atoms with Crippen LogP contribution < -0.4 is 0 Å². The van der Waals surface area contributed by atoms with Crippen molar-refractivity contribution in [3.05, 3.63) is 12.2 Å². The van der Waals surface area contributed by atoms with Crippen LogP contribution in [-0.2, 0) is 4.74 Å². The second-order valence-corrected chi connectivity index (χ2v) is 3.56. The van der Waals surface area contributed by atoms with Crippen LogP contribution in [-0.4, -0.2) is 12.2 Å². The molecule has 0 aromatic heterocycles. The molecule has 1 heteroatoms. The predicted octanol–water partition coefficient (Wildman–Crippen LogP) is 2.38. The van der Waals surface area contributed by atoms with E-state index in [4.69, 9.17) is 4.74 Å². The van der Waals surface area contributed by atoms with E-state index in [1.807, 2.05) is 0 Å². The summed E-state index contributed by atoms with van der Waals surface area (Å²) in [7, 11) is 0. The number of hydrogen-bond acceptors (Lipinski definition) is 1. The van der Waals surface area contributed by atoms with Gasteiger partial charge in [-0.05, 0) is 27.2 Å². The lowest BCUT2D eigenvalue weighted by Gasteiger charge is -2.14. The van der Waals surface area contributed by atoms with Gasteiger partial charge in [0.05, 0.1) is 12.2 Å². The predicted molar refractivity (Wildman–Crippen MR) is 43.0 cm³/mol. The summed E-state index contributed by atoms with van der Waals surface area (Å²) >= 11 is 0. The molecule has 58 valence electrons. The van der Waals surface area contributed by atoms with Crippen LogP contribution in [0.4, 0.5) is 0 Å². The van der Waals surface area contributed by atoms with Gasteiger partial charge in [0.2, 0.25) is 0 Å². The molecule has 1 aliphatic heterocycles. The highest BCUT2D eigenvalue weighted by atomic mass is 16.5. The maximum absolute atomic E-state index is 5.55. The van der Waals surface area contributed by atoms with E-state index in [0.717, 1.165) is 13.0 Å². The smallest absolute Gasteiger partial charge is 0.0633 e. The van der Waals surface area contributed by atoms with Gasteiger partial charge in [-0.25, -0.2) is 0 Å². The Labute approximate surface area is 63.1 Å². The third-order valence-corrected chi connectivity index (χ3v) is 1.91. The van der Waals surface area contributed by atoms with E-state index in [1.165, 1.54) is 0 Å². The summed E-state index contributed by atoms with van der Waals surface area (Å²) in [6.07, 6.45) is 5.50. The number of allylic oxidation sites excluding steroid dienone is 1. The Morgan fingerprint density at radius 1 is 1.50 bits per heavy atom. The third kappa shape index (κ3) is 1.84. The lowest BCUT2D eigenvalue weighted by atomic mass is 9.98. The first-order chi connectivity index (χ1) is 4.64. The summed E-state index contributed by atoms with van der Waals surface area (Å²) in [4.78, 5) is 0. The minimum Gasteiger partial charge on any atom is -0.375 e. The molecule has 0 unspecified atom stereocenters. The Bertz CT molecular complexity index is 136. The minimum atomic E-state index is 0.115. The van der Waals surface area contributed by atoms with Crippen LogP contribution >= 0.6 is 0 Å². The highest BCUT2D eigenvalue weighted by Crippen LogP contribution is 2.29. The van der Waals surface area contributed by atoms with Crippen LogP contribution in [0, 0.1) is 5.92 Å². The van der Waals surface area contributed by atoms with Crippen molar-refractivity contribution < 1.29 is 4.74 Å². The van der Waals surface area contributed by atoms with Crippen LogP contribution in [0.25, 0.3) is 0 Å². The summed E-state index contributed by atoms with van der Waals surface area (Å²) < 4.78 is 5.55. The van der Waals surface area contributed by atoms with Crippen molar-refractivity contribution in [1.82, 2.24) is 0 Å². The van der Waals surface area contributed by atoms with Gasteiger partial charge in [0.1, 0.15) is 0 Å². The lowest BCUT2D eigenvalue weighted by molar-refractivity contribution is 0.0357. The monoisotopic (exact) mass is 140 g/mol. The molecule has 0 spiro atoms. The van der Waals surface area contributed by atoms with E-state index >= 15 is 0 Å². The van der Waals surface area contributed by atoms with Crippen molar-refractivity contribution in [2.24, 2.45) is 5.92 Å². The fraction of sp³-hybridized carbons (Fsp3) is 0.778. The fourth-order valence-corrected chi connectivity index (χ4v) is 1.48. The molecule has 0 N–H and O–H groups in total. The fourth-order valence-electron chi connectivity index (χ4n) is 1.48. The molecule has 1 nitrogen and oxygen atoms in total. The third-order valence-electron chi connectivity index (χ3n) is 1.91. The summed E-state index contributed by atoms with van der Waals surface area (Å²) in [5.74, 6) is 0.653. The summed E-state index contributed by atoms with van der Waals surface area (Å²) in [5, 5.41) is 0. The van der Waals surface area contributed by atoms with Crippen LogP contribution in [0.3, 0.4) is 0 Å². The van der Waals surface area contributed by atoms with Crippen molar-refractivity contribution in [3.8, 4) is 0 Å². The summed E-state index contributed by atoms with van der Waals surface area (Å²) in [6.45, 7) is 7.26. The molecule has 1 aliphatic rings. The van der Waals surface area contributed by atoms with Gasteiger partial charge in [-0.15, -0.1) is 0 Å². The maximum Gasteiger partial charge on any atom is 0.0633 e. The van der Waals surface area contributed by atoms with E-state index in [9.17, 15) is 0 Å². The zero-order chi connectivity index (χ0) is 7.61. The van der Waals surface area contributed by atoms with Crippen LogP contribution in [0.5, 0.6) is 0 Å². The molecule has 1 fully saturated rings. The molecule has 0 aromatic rings. The van der Waals surface area contributed by atoms with Crippen molar-refractivity contribution in [2.75, 3.05) is 6.61 Å². The SMILES string of the molecule is C/C=C/[C@H]1COC(C)(C)C1. The maximum atomic E-state index is 5.55. The van der Waals surface area contributed by atoms with Gasteiger partial charge >= 0.3 is 0 Å².